The Kier molecular flexibility index (Phi) is 7.22. The van der Waals surface area contributed by atoms with E-state index in [1.165, 1.54) is 12.1 Å². The summed E-state index contributed by atoms with van der Waals surface area (Å²) in [6.07, 6.45) is 0.637. The molecule has 3 rings (SSSR count). The van der Waals surface area contributed by atoms with Gasteiger partial charge in [-0.15, -0.1) is 0 Å². The van der Waals surface area contributed by atoms with E-state index in [2.05, 4.69) is 5.32 Å². The number of nitrogens with one attached hydrogen (secondary N) is 1. The van der Waals surface area contributed by atoms with Crippen LogP contribution in [0.25, 0.3) is 0 Å². The number of halogens is 1. The van der Waals surface area contributed by atoms with Crippen molar-refractivity contribution < 1.29 is 18.7 Å². The fourth-order valence-corrected chi connectivity index (χ4v) is 4.13. The van der Waals surface area contributed by atoms with Crippen LogP contribution in [-0.4, -0.2) is 35.9 Å². The zero-order valence-corrected chi connectivity index (χ0v) is 19.6. The van der Waals surface area contributed by atoms with Gasteiger partial charge in [-0.2, -0.15) is 0 Å². The van der Waals surface area contributed by atoms with E-state index in [0.717, 1.165) is 16.7 Å². The Hall–Kier alpha value is -2.89. The number of carbonyl (C=O) groups is 2. The van der Waals surface area contributed by atoms with E-state index in [4.69, 9.17) is 4.74 Å². The summed E-state index contributed by atoms with van der Waals surface area (Å²) in [5, 5.41) is 2.80. The van der Waals surface area contributed by atoms with Gasteiger partial charge >= 0.3 is 0 Å². The van der Waals surface area contributed by atoms with Crippen molar-refractivity contribution >= 4 is 11.8 Å². The van der Waals surface area contributed by atoms with E-state index in [0.29, 0.717) is 31.7 Å². The van der Waals surface area contributed by atoms with Crippen LogP contribution in [0.4, 0.5) is 4.39 Å². The Morgan fingerprint density at radius 3 is 2.56 bits per heavy atom. The van der Waals surface area contributed by atoms with Gasteiger partial charge < -0.3 is 15.0 Å². The van der Waals surface area contributed by atoms with E-state index in [1.54, 1.807) is 6.07 Å². The molecule has 0 spiro atoms. The lowest BCUT2D eigenvalue weighted by molar-refractivity contribution is -0.141. The van der Waals surface area contributed by atoms with E-state index in [1.807, 2.05) is 63.8 Å². The summed E-state index contributed by atoms with van der Waals surface area (Å²) in [6, 6.07) is 11.7. The quantitative estimate of drug-likeness (QED) is 0.712. The van der Waals surface area contributed by atoms with E-state index in [-0.39, 0.29) is 17.6 Å². The van der Waals surface area contributed by atoms with E-state index < -0.39 is 17.6 Å². The Labute approximate surface area is 190 Å². The smallest absolute Gasteiger partial charge is 0.261 e. The Bertz CT molecular complexity index is 983. The van der Waals surface area contributed by atoms with Crippen LogP contribution in [-0.2, 0) is 16.0 Å². The normalized spacial score (nSPS) is 16.8. The zero-order valence-electron chi connectivity index (χ0n) is 19.6. The molecule has 2 atom stereocenters. The average molecular weight is 441 g/mol. The van der Waals surface area contributed by atoms with Crippen LogP contribution in [0.15, 0.2) is 42.5 Å². The second-order valence-corrected chi connectivity index (χ2v) is 9.23. The predicted molar refractivity (Wildman–Crippen MR) is 123 cm³/mol. The first kappa shape index (κ1) is 23.8. The fourth-order valence-electron chi connectivity index (χ4n) is 4.13. The van der Waals surface area contributed by atoms with Crippen LogP contribution in [0.5, 0.6) is 5.75 Å². The first-order valence-electron chi connectivity index (χ1n) is 11.3. The summed E-state index contributed by atoms with van der Waals surface area (Å²) in [5.74, 6) is 0.0808. The highest BCUT2D eigenvalue weighted by Gasteiger charge is 2.37. The maximum Gasteiger partial charge on any atom is 0.261 e. The molecule has 2 aromatic carbocycles. The molecule has 1 N–H and O–H groups in total. The molecule has 0 aromatic heterocycles. The van der Waals surface area contributed by atoms with Gasteiger partial charge in [-0.25, -0.2) is 4.39 Å². The molecule has 1 aliphatic heterocycles. The summed E-state index contributed by atoms with van der Waals surface area (Å²) in [6.45, 7) is 10.5. The molecule has 0 bridgehead atoms. The van der Waals surface area contributed by atoms with Crippen molar-refractivity contribution in [3.8, 4) is 5.75 Å². The number of ether oxygens (including phenoxy) is 1. The van der Waals surface area contributed by atoms with Gasteiger partial charge in [0.15, 0.2) is 6.10 Å². The largest absolute Gasteiger partial charge is 0.481 e. The number of nitrogens with zero attached hydrogens (tertiary/aromatic N) is 1. The standard InChI is InChI=1S/C26H33FN2O3/c1-6-22(24(30)28-7-2)32-20-12-11-17-13-14-29(25(31)26(3,4)5)23(21(17)16-20)18-9-8-10-19(27)15-18/h8-12,15-16,22-23H,6-7,13-14H2,1-5H3,(H,28,30)/t22-,23+/m1/s1. The van der Waals surface area contributed by atoms with Gasteiger partial charge in [0.05, 0.1) is 6.04 Å². The van der Waals surface area contributed by atoms with Crippen LogP contribution in [0.1, 0.15) is 63.8 Å². The van der Waals surface area contributed by atoms with Crippen molar-refractivity contribution in [3.05, 3.63) is 65.0 Å². The molecule has 172 valence electrons. The van der Waals surface area contributed by atoms with Gasteiger partial charge in [-0.05, 0) is 60.7 Å². The molecule has 0 fully saturated rings. The van der Waals surface area contributed by atoms with Gasteiger partial charge in [-0.1, -0.05) is 45.9 Å². The first-order valence-corrected chi connectivity index (χ1v) is 11.3. The second kappa shape index (κ2) is 9.72. The van der Waals surface area contributed by atoms with E-state index in [9.17, 15) is 14.0 Å². The third-order valence-corrected chi connectivity index (χ3v) is 5.71. The van der Waals surface area contributed by atoms with Crippen LogP contribution >= 0.6 is 0 Å². The van der Waals surface area contributed by atoms with Gasteiger partial charge in [-0.3, -0.25) is 9.59 Å². The summed E-state index contributed by atoms with van der Waals surface area (Å²) in [4.78, 5) is 27.5. The maximum absolute atomic E-state index is 14.1. The monoisotopic (exact) mass is 440 g/mol. The summed E-state index contributed by atoms with van der Waals surface area (Å²) < 4.78 is 20.2. The molecule has 2 aromatic rings. The molecule has 0 unspecified atom stereocenters. The van der Waals surface area contributed by atoms with Gasteiger partial charge in [0, 0.05) is 18.5 Å². The number of benzene rings is 2. The maximum atomic E-state index is 14.1. The minimum Gasteiger partial charge on any atom is -0.481 e. The zero-order chi connectivity index (χ0) is 23.5. The molecular weight excluding hydrogens is 407 g/mol. The highest BCUT2D eigenvalue weighted by atomic mass is 19.1. The minimum absolute atomic E-state index is 0.0116. The number of carbonyl (C=O) groups excluding carboxylic acids is 2. The molecule has 0 saturated carbocycles. The van der Waals surface area contributed by atoms with Crippen LogP contribution < -0.4 is 10.1 Å². The summed E-state index contributed by atoms with van der Waals surface area (Å²) in [7, 11) is 0. The third-order valence-electron chi connectivity index (χ3n) is 5.71. The summed E-state index contributed by atoms with van der Waals surface area (Å²) in [5.41, 5.74) is 2.15. The van der Waals surface area contributed by atoms with E-state index >= 15 is 0 Å². The lowest BCUT2D eigenvalue weighted by atomic mass is 9.85. The van der Waals surface area contributed by atoms with Crippen molar-refractivity contribution in [1.82, 2.24) is 10.2 Å². The third kappa shape index (κ3) is 5.12. The number of hydrogen-bond donors (Lipinski definition) is 1. The molecular formula is C26H33FN2O3. The average Bonchev–Trinajstić information content (AvgIpc) is 2.75. The van der Waals surface area contributed by atoms with Gasteiger partial charge in [0.1, 0.15) is 11.6 Å². The van der Waals surface area contributed by atoms with Crippen molar-refractivity contribution in [1.29, 1.82) is 0 Å². The first-order chi connectivity index (χ1) is 15.2. The van der Waals surface area contributed by atoms with Crippen LogP contribution in [0.2, 0.25) is 0 Å². The molecule has 0 radical (unpaired) electrons. The summed E-state index contributed by atoms with van der Waals surface area (Å²) >= 11 is 0. The Morgan fingerprint density at radius 1 is 1.19 bits per heavy atom. The molecule has 0 saturated heterocycles. The second-order valence-electron chi connectivity index (χ2n) is 9.23. The highest BCUT2D eigenvalue weighted by Crippen LogP contribution is 2.39. The van der Waals surface area contributed by atoms with Crippen molar-refractivity contribution in [2.45, 2.75) is 59.6 Å². The topological polar surface area (TPSA) is 58.6 Å². The van der Waals surface area contributed by atoms with Gasteiger partial charge in [0.2, 0.25) is 5.91 Å². The number of hydrogen-bond acceptors (Lipinski definition) is 3. The van der Waals surface area contributed by atoms with Crippen molar-refractivity contribution in [3.63, 3.8) is 0 Å². The van der Waals surface area contributed by atoms with Gasteiger partial charge in [0.25, 0.3) is 5.91 Å². The molecule has 1 aliphatic rings. The minimum atomic E-state index is -0.600. The van der Waals surface area contributed by atoms with Crippen LogP contribution in [0, 0.1) is 11.2 Å². The number of amides is 2. The molecule has 32 heavy (non-hydrogen) atoms. The fraction of sp³-hybridized carbons (Fsp3) is 0.462. The lowest BCUT2D eigenvalue weighted by Gasteiger charge is -2.41. The Balaban J connectivity index is 2.04. The number of rotatable bonds is 6. The SMILES string of the molecule is CCNC(=O)[C@@H](CC)Oc1ccc2c(c1)[C@H](c1cccc(F)c1)N(C(=O)C(C)(C)C)CC2. The lowest BCUT2D eigenvalue weighted by Crippen LogP contribution is -2.45. The van der Waals surface area contributed by atoms with Crippen molar-refractivity contribution in [2.24, 2.45) is 5.41 Å². The molecule has 5 nitrogen and oxygen atoms in total. The molecule has 0 aliphatic carbocycles. The molecule has 6 heteroatoms. The number of likely N-dealkylation sites (N-methyl/N-ethyl adjacent to an activating group) is 1. The number of fused-ring (bicyclic) bond motifs is 1. The van der Waals surface area contributed by atoms with Crippen molar-refractivity contribution in [2.75, 3.05) is 13.1 Å². The highest BCUT2D eigenvalue weighted by molar-refractivity contribution is 5.83. The molecule has 1 heterocycles. The molecule has 2 amide bonds. The van der Waals surface area contributed by atoms with Crippen LogP contribution in [0.3, 0.4) is 0 Å². The Morgan fingerprint density at radius 2 is 1.94 bits per heavy atom. The predicted octanol–water partition coefficient (Wildman–Crippen LogP) is 4.64.